The van der Waals surface area contributed by atoms with Crippen LogP contribution in [0.15, 0.2) is 57.5 Å². The Morgan fingerprint density at radius 2 is 1.97 bits per heavy atom. The summed E-state index contributed by atoms with van der Waals surface area (Å²) in [6, 6.07) is 10.2. The van der Waals surface area contributed by atoms with E-state index in [1.165, 1.54) is 11.3 Å². The van der Waals surface area contributed by atoms with Crippen LogP contribution in [0, 0.1) is 15.9 Å². The third-order valence-corrected chi connectivity index (χ3v) is 7.58. The Bertz CT molecular complexity index is 1630. The van der Waals surface area contributed by atoms with E-state index in [-0.39, 0.29) is 18.8 Å². The molecular formula is C28H25IN2O6S. The van der Waals surface area contributed by atoms with Gasteiger partial charge in [0.2, 0.25) is 0 Å². The van der Waals surface area contributed by atoms with Gasteiger partial charge in [-0.25, -0.2) is 9.79 Å². The van der Waals surface area contributed by atoms with Crippen molar-refractivity contribution in [2.24, 2.45) is 4.99 Å². The number of nitrogens with zero attached hydrogens (tertiary/aromatic N) is 2. The largest absolute Gasteiger partial charge is 0.497 e. The summed E-state index contributed by atoms with van der Waals surface area (Å²) in [6.07, 6.45) is 7.10. The number of fused-ring (bicyclic) bond motifs is 1. The normalized spacial score (nSPS) is 14.8. The fourth-order valence-electron chi connectivity index (χ4n) is 4.12. The average molecular weight is 644 g/mol. The SMILES string of the molecule is C#CCOc1c(I)cc(/C=c2\sc3n(c2=O)[C@@H](c2ccc(OC)cc2)C(C(=O)OCC)=C(C)N=3)cc1OC. The van der Waals surface area contributed by atoms with Gasteiger partial charge in [0.15, 0.2) is 16.3 Å². The van der Waals surface area contributed by atoms with Gasteiger partial charge in [0.05, 0.1) is 46.2 Å². The number of benzene rings is 2. The fourth-order valence-corrected chi connectivity index (χ4v) is 5.95. The number of esters is 1. The third kappa shape index (κ3) is 5.35. The van der Waals surface area contributed by atoms with E-state index in [1.807, 2.05) is 18.2 Å². The van der Waals surface area contributed by atoms with Crippen molar-refractivity contribution in [3.63, 3.8) is 0 Å². The Balaban J connectivity index is 1.90. The van der Waals surface area contributed by atoms with E-state index < -0.39 is 12.0 Å². The third-order valence-electron chi connectivity index (χ3n) is 5.80. The molecule has 3 aromatic rings. The second-order valence-corrected chi connectivity index (χ2v) is 10.3. The molecule has 1 aliphatic heterocycles. The molecule has 8 nitrogen and oxygen atoms in total. The summed E-state index contributed by atoms with van der Waals surface area (Å²) in [7, 11) is 3.12. The van der Waals surface area contributed by atoms with E-state index in [4.69, 9.17) is 25.4 Å². The molecule has 0 amide bonds. The Hall–Kier alpha value is -3.56. The van der Waals surface area contributed by atoms with Gasteiger partial charge in [-0.15, -0.1) is 6.42 Å². The van der Waals surface area contributed by atoms with Crippen molar-refractivity contribution in [1.29, 1.82) is 0 Å². The van der Waals surface area contributed by atoms with Crippen LogP contribution in [0.2, 0.25) is 0 Å². The van der Waals surface area contributed by atoms with E-state index in [0.29, 0.717) is 37.9 Å². The first-order valence-electron chi connectivity index (χ1n) is 11.6. The number of methoxy groups -OCH3 is 2. The molecule has 38 heavy (non-hydrogen) atoms. The molecule has 1 atom stereocenters. The Labute approximate surface area is 237 Å². The summed E-state index contributed by atoms with van der Waals surface area (Å²) in [5, 5.41) is 0. The minimum Gasteiger partial charge on any atom is -0.497 e. The molecule has 0 N–H and O–H groups in total. The van der Waals surface area contributed by atoms with Crippen LogP contribution in [0.1, 0.15) is 31.0 Å². The lowest BCUT2D eigenvalue weighted by atomic mass is 9.96. The van der Waals surface area contributed by atoms with Gasteiger partial charge in [0.1, 0.15) is 12.4 Å². The predicted octanol–water partition coefficient (Wildman–Crippen LogP) is 3.43. The topological polar surface area (TPSA) is 88.4 Å². The van der Waals surface area contributed by atoms with E-state index in [0.717, 1.165) is 14.7 Å². The van der Waals surface area contributed by atoms with Crippen LogP contribution in [0.3, 0.4) is 0 Å². The molecule has 0 fully saturated rings. The minimum absolute atomic E-state index is 0.109. The number of aromatic nitrogens is 1. The van der Waals surface area contributed by atoms with E-state index in [9.17, 15) is 9.59 Å². The van der Waals surface area contributed by atoms with Gasteiger partial charge in [-0.05, 0) is 77.9 Å². The molecule has 0 aliphatic carbocycles. The summed E-state index contributed by atoms with van der Waals surface area (Å²) < 4.78 is 24.5. The number of allylic oxidation sites excluding steroid dienone is 1. The standard InChI is InChI=1S/C28H25IN2O6S/c1-6-12-37-25-20(29)13-17(14-21(25)35-5)15-22-26(32)31-24(18-8-10-19(34-4)11-9-18)23(27(33)36-7-2)16(3)30-28(31)38-22/h1,8-11,13-15,24H,7,12H2,2-5H3/b22-15-/t24-/m0/s1. The maximum Gasteiger partial charge on any atom is 0.338 e. The summed E-state index contributed by atoms with van der Waals surface area (Å²) in [4.78, 5) is 31.9. The number of carbonyl (C=O) groups excluding carboxylic acids is 1. The molecule has 196 valence electrons. The molecule has 0 saturated carbocycles. The summed E-state index contributed by atoms with van der Waals surface area (Å²) in [5.41, 5.74) is 2.03. The number of hydrogen-bond donors (Lipinski definition) is 0. The Morgan fingerprint density at radius 3 is 2.61 bits per heavy atom. The first-order valence-corrected chi connectivity index (χ1v) is 13.5. The highest BCUT2D eigenvalue weighted by atomic mass is 127. The van der Waals surface area contributed by atoms with Crippen LogP contribution < -0.4 is 29.1 Å². The molecule has 10 heteroatoms. The quantitative estimate of drug-likeness (QED) is 0.212. The lowest BCUT2D eigenvalue weighted by Crippen LogP contribution is -2.39. The van der Waals surface area contributed by atoms with Gasteiger partial charge in [-0.2, -0.15) is 0 Å². The smallest absolute Gasteiger partial charge is 0.338 e. The average Bonchev–Trinajstić information content (AvgIpc) is 3.21. The molecule has 1 aromatic heterocycles. The first kappa shape index (κ1) is 27.5. The predicted molar refractivity (Wildman–Crippen MR) is 153 cm³/mol. The van der Waals surface area contributed by atoms with Crippen molar-refractivity contribution < 1.29 is 23.7 Å². The fraction of sp³-hybridized carbons (Fsp3) is 0.250. The molecule has 1 aliphatic rings. The molecular weight excluding hydrogens is 619 g/mol. The highest BCUT2D eigenvalue weighted by Gasteiger charge is 2.33. The molecule has 2 heterocycles. The molecule has 0 bridgehead atoms. The number of thiazole rings is 1. The minimum atomic E-state index is -0.701. The van der Waals surface area contributed by atoms with Crippen molar-refractivity contribution in [3.8, 4) is 29.6 Å². The lowest BCUT2D eigenvalue weighted by Gasteiger charge is -2.24. The van der Waals surface area contributed by atoms with Gasteiger partial charge in [0, 0.05) is 0 Å². The zero-order chi connectivity index (χ0) is 27.4. The Kier molecular flexibility index (Phi) is 8.58. The lowest BCUT2D eigenvalue weighted by molar-refractivity contribution is -0.139. The van der Waals surface area contributed by atoms with Crippen molar-refractivity contribution >= 4 is 46.0 Å². The number of hydrogen-bond acceptors (Lipinski definition) is 8. The maximum atomic E-state index is 13.8. The highest BCUT2D eigenvalue weighted by Crippen LogP contribution is 2.34. The van der Waals surface area contributed by atoms with E-state index >= 15 is 0 Å². The number of ether oxygens (including phenoxy) is 4. The van der Waals surface area contributed by atoms with Crippen LogP contribution in [0.5, 0.6) is 17.2 Å². The van der Waals surface area contributed by atoms with Crippen LogP contribution in [0.25, 0.3) is 6.08 Å². The molecule has 0 saturated heterocycles. The molecule has 0 radical (unpaired) electrons. The van der Waals surface area contributed by atoms with Crippen molar-refractivity contribution in [3.05, 3.63) is 82.1 Å². The second kappa shape index (κ2) is 11.9. The number of terminal acetylenes is 1. The monoisotopic (exact) mass is 644 g/mol. The molecule has 4 rings (SSSR count). The van der Waals surface area contributed by atoms with Crippen LogP contribution in [-0.4, -0.2) is 38.0 Å². The maximum absolute atomic E-state index is 13.8. The number of halogens is 1. The Morgan fingerprint density at radius 1 is 1.24 bits per heavy atom. The van der Waals surface area contributed by atoms with Gasteiger partial charge in [0.25, 0.3) is 5.56 Å². The van der Waals surface area contributed by atoms with Gasteiger partial charge < -0.3 is 18.9 Å². The van der Waals surface area contributed by atoms with Crippen molar-refractivity contribution in [2.75, 3.05) is 27.4 Å². The first-order chi connectivity index (χ1) is 18.3. The molecule has 0 unspecified atom stereocenters. The van der Waals surface area contributed by atoms with Crippen LogP contribution in [-0.2, 0) is 9.53 Å². The van der Waals surface area contributed by atoms with Crippen molar-refractivity contribution in [1.82, 2.24) is 4.57 Å². The van der Waals surface area contributed by atoms with Gasteiger partial charge >= 0.3 is 5.97 Å². The van der Waals surface area contributed by atoms with Gasteiger partial charge in [-0.1, -0.05) is 29.4 Å². The highest BCUT2D eigenvalue weighted by molar-refractivity contribution is 14.1. The second-order valence-electron chi connectivity index (χ2n) is 8.10. The number of carbonyl (C=O) groups is 1. The number of rotatable bonds is 8. The van der Waals surface area contributed by atoms with Crippen molar-refractivity contribution in [2.45, 2.75) is 19.9 Å². The summed E-state index contributed by atoms with van der Waals surface area (Å²) in [5.74, 6) is 3.64. The van der Waals surface area contributed by atoms with Gasteiger partial charge in [-0.3, -0.25) is 9.36 Å². The summed E-state index contributed by atoms with van der Waals surface area (Å²) >= 11 is 3.39. The molecule has 2 aromatic carbocycles. The zero-order valence-corrected chi connectivity index (χ0v) is 24.2. The zero-order valence-electron chi connectivity index (χ0n) is 21.2. The van der Waals surface area contributed by atoms with E-state index in [1.54, 1.807) is 56.9 Å². The van der Waals surface area contributed by atoms with Crippen LogP contribution in [0.4, 0.5) is 0 Å². The van der Waals surface area contributed by atoms with Crippen LogP contribution >= 0.6 is 33.9 Å². The summed E-state index contributed by atoms with van der Waals surface area (Å²) in [6.45, 7) is 3.81. The molecule has 0 spiro atoms. The van der Waals surface area contributed by atoms with E-state index in [2.05, 4.69) is 33.5 Å².